The Hall–Kier alpha value is -3.25. The summed E-state index contributed by atoms with van der Waals surface area (Å²) < 4.78 is 39.6. The van der Waals surface area contributed by atoms with Crippen molar-refractivity contribution in [2.75, 3.05) is 11.9 Å². The van der Waals surface area contributed by atoms with Crippen LogP contribution in [0.3, 0.4) is 0 Å². The van der Waals surface area contributed by atoms with Crippen LogP contribution in [0.25, 0.3) is 0 Å². The van der Waals surface area contributed by atoms with Crippen LogP contribution >= 0.6 is 0 Å². The van der Waals surface area contributed by atoms with E-state index in [0.717, 1.165) is 0 Å². The molecule has 0 saturated carbocycles. The molecule has 0 saturated heterocycles. The second-order valence-electron chi connectivity index (χ2n) is 4.49. The summed E-state index contributed by atoms with van der Waals surface area (Å²) in [5.41, 5.74) is -4.13. The van der Waals surface area contributed by atoms with Gasteiger partial charge in [0, 0.05) is 24.9 Å². The number of hydrogen-bond donors (Lipinski definition) is 1. The number of halogens is 3. The Labute approximate surface area is 131 Å². The fourth-order valence-electron chi connectivity index (χ4n) is 1.89. The van der Waals surface area contributed by atoms with Gasteiger partial charge in [-0.1, -0.05) is 5.21 Å². The van der Waals surface area contributed by atoms with Crippen molar-refractivity contribution >= 4 is 17.1 Å². The number of nitrogens with one attached hydrogen (secondary N) is 1. The van der Waals surface area contributed by atoms with Crippen LogP contribution in [-0.2, 0) is 12.7 Å². The van der Waals surface area contributed by atoms with E-state index >= 15 is 0 Å². The van der Waals surface area contributed by atoms with Gasteiger partial charge in [0.15, 0.2) is 5.69 Å². The number of alkyl halides is 3. The van der Waals surface area contributed by atoms with Crippen molar-refractivity contribution in [3.8, 4) is 0 Å². The zero-order chi connectivity index (χ0) is 17.9. The standard InChI is InChI=1S/C11H9F3N6O4/c12-11(13,14)7-5-8(19(21)22)10(9(6-7)20(23)24)15-1-3-18-4-2-16-17-18/h2,4-6,15H,1,3H2. The van der Waals surface area contributed by atoms with Gasteiger partial charge in [-0.25, -0.2) is 0 Å². The molecule has 0 aliphatic carbocycles. The molecule has 0 spiro atoms. The normalized spacial score (nSPS) is 11.3. The SMILES string of the molecule is O=[N+]([O-])c1cc(C(F)(F)F)cc([N+](=O)[O-])c1NCCn1ccnn1. The van der Waals surface area contributed by atoms with E-state index in [1.807, 2.05) is 0 Å². The summed E-state index contributed by atoms with van der Waals surface area (Å²) in [6, 6.07) is 0.510. The second-order valence-corrected chi connectivity index (χ2v) is 4.49. The first-order chi connectivity index (χ1) is 11.2. The molecule has 0 fully saturated rings. The molecule has 0 amide bonds. The van der Waals surface area contributed by atoms with E-state index in [1.165, 1.54) is 17.1 Å². The second kappa shape index (κ2) is 6.47. The lowest BCUT2D eigenvalue weighted by Gasteiger charge is -2.11. The van der Waals surface area contributed by atoms with E-state index in [1.54, 1.807) is 0 Å². The van der Waals surface area contributed by atoms with Crippen LogP contribution in [0.15, 0.2) is 24.5 Å². The Bertz CT molecular complexity index is 727. The van der Waals surface area contributed by atoms with Crippen molar-refractivity contribution in [3.05, 3.63) is 50.3 Å². The maximum atomic E-state index is 12.8. The molecule has 0 bridgehead atoms. The predicted octanol–water partition coefficient (Wildman–Crippen LogP) is 2.23. The molecule has 24 heavy (non-hydrogen) atoms. The van der Waals surface area contributed by atoms with Gasteiger partial charge in [0.2, 0.25) is 0 Å². The van der Waals surface area contributed by atoms with Gasteiger partial charge in [-0.3, -0.25) is 24.9 Å². The summed E-state index contributed by atoms with van der Waals surface area (Å²) in [6.45, 7) is 0.103. The van der Waals surface area contributed by atoms with E-state index in [9.17, 15) is 33.4 Å². The van der Waals surface area contributed by atoms with Crippen LogP contribution in [0, 0.1) is 20.2 Å². The number of nitro groups is 2. The van der Waals surface area contributed by atoms with E-state index in [4.69, 9.17) is 0 Å². The van der Waals surface area contributed by atoms with Crippen LogP contribution < -0.4 is 5.32 Å². The molecule has 0 unspecified atom stereocenters. The number of benzene rings is 1. The van der Waals surface area contributed by atoms with Crippen molar-refractivity contribution < 1.29 is 23.0 Å². The quantitative estimate of drug-likeness (QED) is 0.627. The lowest BCUT2D eigenvalue weighted by Crippen LogP contribution is -2.14. The number of nitrogens with zero attached hydrogens (tertiary/aromatic N) is 5. The molecule has 0 aliphatic heterocycles. The average Bonchev–Trinajstić information content (AvgIpc) is 2.98. The van der Waals surface area contributed by atoms with Gasteiger partial charge in [0.05, 0.1) is 28.2 Å². The van der Waals surface area contributed by atoms with Gasteiger partial charge < -0.3 is 5.32 Å². The molecule has 0 radical (unpaired) electrons. The van der Waals surface area contributed by atoms with Crippen molar-refractivity contribution in [1.82, 2.24) is 15.0 Å². The number of rotatable bonds is 6. The lowest BCUT2D eigenvalue weighted by molar-refractivity contribution is -0.392. The topological polar surface area (TPSA) is 129 Å². The molecule has 10 nitrogen and oxygen atoms in total. The van der Waals surface area contributed by atoms with Crippen LogP contribution in [0.1, 0.15) is 5.56 Å². The van der Waals surface area contributed by atoms with E-state index in [0.29, 0.717) is 0 Å². The summed E-state index contributed by atoms with van der Waals surface area (Å²) >= 11 is 0. The maximum absolute atomic E-state index is 12.8. The van der Waals surface area contributed by atoms with Crippen LogP contribution in [0.4, 0.5) is 30.2 Å². The third-order valence-corrected chi connectivity index (χ3v) is 2.93. The summed E-state index contributed by atoms with van der Waals surface area (Å²) in [6.07, 6.45) is -2.09. The van der Waals surface area contributed by atoms with Crippen molar-refractivity contribution in [1.29, 1.82) is 0 Å². The fourth-order valence-corrected chi connectivity index (χ4v) is 1.89. The molecule has 0 aliphatic rings. The van der Waals surface area contributed by atoms with E-state index in [2.05, 4.69) is 15.6 Å². The fraction of sp³-hybridized carbons (Fsp3) is 0.273. The van der Waals surface area contributed by atoms with Gasteiger partial charge in [-0.2, -0.15) is 13.2 Å². The number of anilines is 1. The highest BCUT2D eigenvalue weighted by Gasteiger charge is 2.37. The van der Waals surface area contributed by atoms with Crippen molar-refractivity contribution in [3.63, 3.8) is 0 Å². The van der Waals surface area contributed by atoms with E-state index in [-0.39, 0.29) is 25.2 Å². The van der Waals surface area contributed by atoms with Crippen LogP contribution in [-0.4, -0.2) is 31.4 Å². The minimum Gasteiger partial charge on any atom is -0.372 e. The molecule has 128 valence electrons. The monoisotopic (exact) mass is 346 g/mol. The molecular weight excluding hydrogens is 337 g/mol. The average molecular weight is 346 g/mol. The summed E-state index contributed by atoms with van der Waals surface area (Å²) in [5.74, 6) is 0. The zero-order valence-electron chi connectivity index (χ0n) is 11.7. The molecule has 1 aromatic heterocycles. The van der Waals surface area contributed by atoms with Crippen LogP contribution in [0.2, 0.25) is 0 Å². The molecule has 0 atom stereocenters. The first-order valence-corrected chi connectivity index (χ1v) is 6.32. The first kappa shape index (κ1) is 17.1. The summed E-state index contributed by atoms with van der Waals surface area (Å²) in [7, 11) is 0. The summed E-state index contributed by atoms with van der Waals surface area (Å²) in [4.78, 5) is 19.8. The molecule has 1 heterocycles. The maximum Gasteiger partial charge on any atom is 0.416 e. The van der Waals surface area contributed by atoms with Gasteiger partial charge in [0.1, 0.15) is 0 Å². The highest BCUT2D eigenvalue weighted by molar-refractivity contribution is 5.75. The van der Waals surface area contributed by atoms with Crippen molar-refractivity contribution in [2.24, 2.45) is 0 Å². The lowest BCUT2D eigenvalue weighted by atomic mass is 10.1. The Balaban J connectivity index is 2.39. The largest absolute Gasteiger partial charge is 0.416 e. The number of nitro benzene ring substituents is 2. The third kappa shape index (κ3) is 3.74. The molecular formula is C11H9F3N6O4. The Kier molecular flexibility index (Phi) is 4.61. The van der Waals surface area contributed by atoms with Gasteiger partial charge in [0.25, 0.3) is 11.4 Å². The van der Waals surface area contributed by atoms with Gasteiger partial charge >= 0.3 is 6.18 Å². The minimum absolute atomic E-state index is 0.0452. The van der Waals surface area contributed by atoms with E-state index < -0.39 is 38.6 Å². The number of hydrogen-bond acceptors (Lipinski definition) is 7. The Morgan fingerprint density at radius 2 is 1.75 bits per heavy atom. The first-order valence-electron chi connectivity index (χ1n) is 6.32. The van der Waals surface area contributed by atoms with Crippen molar-refractivity contribution in [2.45, 2.75) is 12.7 Å². The molecule has 13 heteroatoms. The molecule has 2 aromatic rings. The highest BCUT2D eigenvalue weighted by atomic mass is 19.4. The smallest absolute Gasteiger partial charge is 0.372 e. The molecule has 1 N–H and O–H groups in total. The minimum atomic E-state index is -4.95. The molecule has 2 rings (SSSR count). The Morgan fingerprint density at radius 3 is 2.17 bits per heavy atom. The zero-order valence-corrected chi connectivity index (χ0v) is 11.7. The van der Waals surface area contributed by atoms with Gasteiger partial charge in [-0.05, 0) is 0 Å². The number of aromatic nitrogens is 3. The summed E-state index contributed by atoms with van der Waals surface area (Å²) in [5, 5.41) is 31.6. The Morgan fingerprint density at radius 1 is 1.17 bits per heavy atom. The van der Waals surface area contributed by atoms with Gasteiger partial charge in [-0.15, -0.1) is 5.10 Å². The highest BCUT2D eigenvalue weighted by Crippen LogP contribution is 2.41. The van der Waals surface area contributed by atoms with Crippen LogP contribution in [0.5, 0.6) is 0 Å². The predicted molar refractivity (Wildman–Crippen MR) is 73.3 cm³/mol. The molecule has 1 aromatic carbocycles. The third-order valence-electron chi connectivity index (χ3n) is 2.93.